The molecule has 0 aliphatic carbocycles. The molecule has 0 aliphatic rings. The molecular formula is C36H38N4. The lowest BCUT2D eigenvalue weighted by Crippen LogP contribution is -2.12. The van der Waals surface area contributed by atoms with Crippen LogP contribution in [0.3, 0.4) is 0 Å². The monoisotopic (exact) mass is 526 g/mol. The van der Waals surface area contributed by atoms with Crippen molar-refractivity contribution < 1.29 is 0 Å². The van der Waals surface area contributed by atoms with Gasteiger partial charge in [-0.2, -0.15) is 0 Å². The average Bonchev–Trinajstić information content (AvgIpc) is 3.46. The third kappa shape index (κ3) is 4.95. The first kappa shape index (κ1) is 26.1. The van der Waals surface area contributed by atoms with E-state index >= 15 is 0 Å². The summed E-state index contributed by atoms with van der Waals surface area (Å²) in [6.45, 7) is 15.0. The summed E-state index contributed by atoms with van der Waals surface area (Å²) in [5, 5.41) is 0. The van der Waals surface area contributed by atoms with Crippen molar-refractivity contribution in [1.29, 1.82) is 0 Å². The molecule has 0 saturated heterocycles. The van der Waals surface area contributed by atoms with E-state index in [1.807, 2.05) is 0 Å². The van der Waals surface area contributed by atoms with E-state index in [0.717, 1.165) is 46.8 Å². The normalized spacial score (nSPS) is 12.4. The number of rotatable bonds is 5. The second-order valence-corrected chi connectivity index (χ2v) is 12.9. The molecule has 0 amide bonds. The van der Waals surface area contributed by atoms with Crippen LogP contribution in [0.4, 0.5) is 0 Å². The Morgan fingerprint density at radius 2 is 0.825 bits per heavy atom. The average molecular weight is 527 g/mol. The van der Waals surface area contributed by atoms with Crippen LogP contribution in [0.1, 0.15) is 63.8 Å². The first-order chi connectivity index (χ1) is 19.1. The summed E-state index contributed by atoms with van der Waals surface area (Å²) in [6.07, 6.45) is 0. The summed E-state index contributed by atoms with van der Waals surface area (Å²) in [5.41, 5.74) is 9.63. The molecule has 0 aliphatic heterocycles. The molecule has 40 heavy (non-hydrogen) atoms. The first-order valence-corrected chi connectivity index (χ1v) is 14.2. The summed E-state index contributed by atoms with van der Waals surface area (Å²) >= 11 is 0. The smallest absolute Gasteiger partial charge is 0.177 e. The SMILES string of the molecule is CC(C)(C)c1ccc(Cn2c(-c3nc4ccccc4n3Cc3ccc(C(C)(C)C)cc3)nc3ccccc32)cc1. The van der Waals surface area contributed by atoms with Gasteiger partial charge in [-0.3, -0.25) is 0 Å². The van der Waals surface area contributed by atoms with Gasteiger partial charge in [0.05, 0.1) is 22.1 Å². The van der Waals surface area contributed by atoms with Crippen molar-refractivity contribution >= 4 is 22.1 Å². The minimum absolute atomic E-state index is 0.126. The fraction of sp³-hybridized carbons (Fsp3) is 0.278. The van der Waals surface area contributed by atoms with E-state index in [9.17, 15) is 0 Å². The summed E-state index contributed by atoms with van der Waals surface area (Å²) in [4.78, 5) is 10.3. The molecular weight excluding hydrogens is 488 g/mol. The number of hydrogen-bond donors (Lipinski definition) is 0. The zero-order valence-corrected chi connectivity index (χ0v) is 24.4. The fourth-order valence-electron chi connectivity index (χ4n) is 5.40. The zero-order chi connectivity index (χ0) is 28.1. The van der Waals surface area contributed by atoms with Gasteiger partial charge in [0.25, 0.3) is 0 Å². The predicted octanol–water partition coefficient (Wildman–Crippen LogP) is 8.74. The highest BCUT2D eigenvalue weighted by molar-refractivity contribution is 5.84. The van der Waals surface area contributed by atoms with Gasteiger partial charge in [0.1, 0.15) is 0 Å². The van der Waals surface area contributed by atoms with E-state index in [1.54, 1.807) is 0 Å². The molecule has 2 aromatic heterocycles. The highest BCUT2D eigenvalue weighted by Crippen LogP contribution is 2.31. The molecule has 6 aromatic rings. The summed E-state index contributed by atoms with van der Waals surface area (Å²) in [7, 11) is 0. The molecule has 0 unspecified atom stereocenters. The number of nitrogens with zero attached hydrogens (tertiary/aromatic N) is 4. The van der Waals surface area contributed by atoms with Crippen molar-refractivity contribution in [2.45, 2.75) is 65.5 Å². The molecule has 0 bridgehead atoms. The molecule has 2 heterocycles. The van der Waals surface area contributed by atoms with Gasteiger partial charge in [-0.1, -0.05) is 114 Å². The van der Waals surface area contributed by atoms with Crippen molar-refractivity contribution in [3.8, 4) is 11.6 Å². The lowest BCUT2D eigenvalue weighted by Gasteiger charge is -2.20. The zero-order valence-electron chi connectivity index (χ0n) is 24.4. The highest BCUT2D eigenvalue weighted by Gasteiger charge is 2.21. The maximum absolute atomic E-state index is 5.16. The Bertz CT molecular complexity index is 1650. The van der Waals surface area contributed by atoms with E-state index in [2.05, 4.69) is 148 Å². The molecule has 4 aromatic carbocycles. The van der Waals surface area contributed by atoms with E-state index in [-0.39, 0.29) is 10.8 Å². The lowest BCUT2D eigenvalue weighted by atomic mass is 9.87. The molecule has 202 valence electrons. The second kappa shape index (κ2) is 9.78. The fourth-order valence-corrected chi connectivity index (χ4v) is 5.40. The quantitative estimate of drug-likeness (QED) is 0.225. The molecule has 6 rings (SSSR count). The molecule has 0 spiro atoms. The first-order valence-electron chi connectivity index (χ1n) is 14.2. The number of benzene rings is 4. The number of fused-ring (bicyclic) bond motifs is 2. The molecule has 0 fully saturated rings. The molecule has 4 heteroatoms. The van der Waals surface area contributed by atoms with Gasteiger partial charge in [0.2, 0.25) is 0 Å². The van der Waals surface area contributed by atoms with Crippen molar-refractivity contribution in [2.75, 3.05) is 0 Å². The van der Waals surface area contributed by atoms with Crippen LogP contribution in [-0.4, -0.2) is 19.1 Å². The van der Waals surface area contributed by atoms with Gasteiger partial charge < -0.3 is 9.13 Å². The van der Waals surface area contributed by atoms with Crippen LogP contribution in [0.15, 0.2) is 97.1 Å². The Kier molecular flexibility index (Phi) is 6.37. The van der Waals surface area contributed by atoms with E-state index in [0.29, 0.717) is 0 Å². The molecule has 0 N–H and O–H groups in total. The molecule has 4 nitrogen and oxygen atoms in total. The molecule has 0 atom stereocenters. The van der Waals surface area contributed by atoms with Crippen LogP contribution in [-0.2, 0) is 23.9 Å². The third-order valence-electron chi connectivity index (χ3n) is 7.83. The molecule has 0 radical (unpaired) electrons. The van der Waals surface area contributed by atoms with E-state index < -0.39 is 0 Å². The van der Waals surface area contributed by atoms with Crippen LogP contribution >= 0.6 is 0 Å². The van der Waals surface area contributed by atoms with Crippen molar-refractivity contribution in [1.82, 2.24) is 19.1 Å². The van der Waals surface area contributed by atoms with Gasteiger partial charge >= 0.3 is 0 Å². The van der Waals surface area contributed by atoms with Crippen molar-refractivity contribution in [3.63, 3.8) is 0 Å². The van der Waals surface area contributed by atoms with Crippen LogP contribution in [0.2, 0.25) is 0 Å². The number of para-hydroxylation sites is 4. The Balaban J connectivity index is 1.47. The predicted molar refractivity (Wildman–Crippen MR) is 167 cm³/mol. The van der Waals surface area contributed by atoms with Crippen LogP contribution in [0.25, 0.3) is 33.7 Å². The highest BCUT2D eigenvalue weighted by atomic mass is 15.2. The van der Waals surface area contributed by atoms with Crippen LogP contribution in [0.5, 0.6) is 0 Å². The van der Waals surface area contributed by atoms with Crippen molar-refractivity contribution in [3.05, 3.63) is 119 Å². The van der Waals surface area contributed by atoms with Gasteiger partial charge in [0, 0.05) is 13.1 Å². The van der Waals surface area contributed by atoms with E-state index in [4.69, 9.17) is 9.97 Å². The van der Waals surface area contributed by atoms with Gasteiger partial charge in [-0.15, -0.1) is 0 Å². The van der Waals surface area contributed by atoms with Crippen LogP contribution < -0.4 is 0 Å². The Morgan fingerprint density at radius 1 is 0.475 bits per heavy atom. The minimum atomic E-state index is 0.126. The van der Waals surface area contributed by atoms with Gasteiger partial charge in [-0.05, 0) is 57.3 Å². The number of imidazole rings is 2. The van der Waals surface area contributed by atoms with Gasteiger partial charge in [0.15, 0.2) is 11.6 Å². The topological polar surface area (TPSA) is 35.6 Å². The Morgan fingerprint density at radius 3 is 1.18 bits per heavy atom. The summed E-state index contributed by atoms with van der Waals surface area (Å²) in [5.74, 6) is 1.78. The molecule has 0 saturated carbocycles. The summed E-state index contributed by atoms with van der Waals surface area (Å²) < 4.78 is 4.64. The summed E-state index contributed by atoms with van der Waals surface area (Å²) in [6, 6.07) is 34.8. The Hall–Kier alpha value is -4.18. The van der Waals surface area contributed by atoms with E-state index in [1.165, 1.54) is 22.3 Å². The second-order valence-electron chi connectivity index (χ2n) is 12.9. The maximum atomic E-state index is 5.16. The lowest BCUT2D eigenvalue weighted by molar-refractivity contribution is 0.589. The maximum Gasteiger partial charge on any atom is 0.177 e. The number of aromatic nitrogens is 4. The standard InChI is InChI=1S/C36H38N4/c1-35(2,3)27-19-15-25(16-20-27)23-39-31-13-9-7-11-29(31)37-33(39)34-38-30-12-8-10-14-32(30)40(34)24-26-17-21-28(22-18-26)36(4,5)6/h7-22H,23-24H2,1-6H3. The van der Waals surface area contributed by atoms with Crippen LogP contribution in [0, 0.1) is 0 Å². The van der Waals surface area contributed by atoms with Crippen molar-refractivity contribution in [2.24, 2.45) is 0 Å². The number of hydrogen-bond acceptors (Lipinski definition) is 2. The largest absolute Gasteiger partial charge is 0.317 e. The minimum Gasteiger partial charge on any atom is -0.317 e. The third-order valence-corrected chi connectivity index (χ3v) is 7.83. The van der Waals surface area contributed by atoms with Gasteiger partial charge in [-0.25, -0.2) is 9.97 Å². The Labute approximate surface area is 237 Å².